The summed E-state index contributed by atoms with van der Waals surface area (Å²) >= 11 is 0. The second-order valence-corrected chi connectivity index (χ2v) is 7.12. The first-order chi connectivity index (χ1) is 11.1. The van der Waals surface area contributed by atoms with Crippen molar-refractivity contribution >= 4 is 17.9 Å². The van der Waals surface area contributed by atoms with Crippen molar-refractivity contribution in [1.29, 1.82) is 0 Å². The van der Waals surface area contributed by atoms with E-state index in [1.807, 2.05) is 45.0 Å². The van der Waals surface area contributed by atoms with Gasteiger partial charge in [0, 0.05) is 6.54 Å². The van der Waals surface area contributed by atoms with Crippen molar-refractivity contribution in [2.45, 2.75) is 52.7 Å². The summed E-state index contributed by atoms with van der Waals surface area (Å²) in [4.78, 5) is 39.5. The molecule has 0 aliphatic carbocycles. The SMILES string of the molecule is Cc1ccc(CN2C(=O)N(C(C)(C)C(=O)O)C(=O)C2C(C)C)cc1. The van der Waals surface area contributed by atoms with E-state index in [1.165, 1.54) is 18.7 Å². The topological polar surface area (TPSA) is 77.9 Å². The van der Waals surface area contributed by atoms with Crippen LogP contribution in [0.4, 0.5) is 4.79 Å². The number of nitrogens with zero attached hydrogens (tertiary/aromatic N) is 2. The number of benzene rings is 1. The summed E-state index contributed by atoms with van der Waals surface area (Å²) in [6.07, 6.45) is 0. The molecule has 6 heteroatoms. The van der Waals surface area contributed by atoms with Crippen molar-refractivity contribution < 1.29 is 19.5 Å². The van der Waals surface area contributed by atoms with E-state index in [4.69, 9.17) is 0 Å². The van der Waals surface area contributed by atoms with Gasteiger partial charge in [0.1, 0.15) is 11.6 Å². The standard InChI is InChI=1S/C18H24N2O4/c1-11(2)14-15(21)20(18(4,5)16(22)23)17(24)19(14)10-13-8-6-12(3)7-9-13/h6-9,11,14H,10H2,1-5H3,(H,22,23). The molecule has 1 unspecified atom stereocenters. The van der Waals surface area contributed by atoms with Gasteiger partial charge in [-0.25, -0.2) is 14.5 Å². The van der Waals surface area contributed by atoms with Crippen LogP contribution in [-0.2, 0) is 16.1 Å². The van der Waals surface area contributed by atoms with Gasteiger partial charge >= 0.3 is 12.0 Å². The van der Waals surface area contributed by atoms with E-state index in [0.717, 1.165) is 16.0 Å². The molecule has 2 rings (SSSR count). The quantitative estimate of drug-likeness (QED) is 0.841. The number of carboxylic acid groups (broad SMARTS) is 1. The number of imide groups is 1. The molecule has 24 heavy (non-hydrogen) atoms. The Bertz CT molecular complexity index is 664. The highest BCUT2D eigenvalue weighted by molar-refractivity contribution is 6.08. The van der Waals surface area contributed by atoms with Gasteiger partial charge in [-0.1, -0.05) is 43.7 Å². The summed E-state index contributed by atoms with van der Waals surface area (Å²) in [7, 11) is 0. The second kappa shape index (κ2) is 6.26. The number of hydrogen-bond donors (Lipinski definition) is 1. The van der Waals surface area contributed by atoms with Crippen molar-refractivity contribution in [3.8, 4) is 0 Å². The Morgan fingerprint density at radius 2 is 1.75 bits per heavy atom. The number of amides is 3. The number of aliphatic carboxylic acids is 1. The maximum absolute atomic E-state index is 12.8. The molecule has 1 aliphatic heterocycles. The van der Waals surface area contributed by atoms with Crippen LogP contribution in [0.25, 0.3) is 0 Å². The average Bonchev–Trinajstić information content (AvgIpc) is 2.72. The zero-order valence-corrected chi connectivity index (χ0v) is 14.7. The summed E-state index contributed by atoms with van der Waals surface area (Å²) in [5.74, 6) is -1.76. The van der Waals surface area contributed by atoms with E-state index in [-0.39, 0.29) is 12.5 Å². The maximum Gasteiger partial charge on any atom is 0.329 e. The minimum Gasteiger partial charge on any atom is -0.480 e. The highest BCUT2D eigenvalue weighted by Gasteiger charge is 2.54. The molecule has 1 aromatic carbocycles. The lowest BCUT2D eigenvalue weighted by Crippen LogP contribution is -2.53. The lowest BCUT2D eigenvalue weighted by molar-refractivity contribution is -0.152. The monoisotopic (exact) mass is 332 g/mol. The summed E-state index contributed by atoms with van der Waals surface area (Å²) < 4.78 is 0. The molecule has 0 bridgehead atoms. The summed E-state index contributed by atoms with van der Waals surface area (Å²) in [6.45, 7) is 8.71. The molecule has 0 radical (unpaired) electrons. The smallest absolute Gasteiger partial charge is 0.329 e. The van der Waals surface area contributed by atoms with Crippen molar-refractivity contribution in [3.63, 3.8) is 0 Å². The van der Waals surface area contributed by atoms with Gasteiger partial charge in [0.2, 0.25) is 0 Å². The predicted octanol–water partition coefficient (Wildman–Crippen LogP) is 2.65. The Labute approximate surface area is 142 Å². The normalized spacial score (nSPS) is 18.7. The molecule has 0 saturated carbocycles. The van der Waals surface area contributed by atoms with Crippen LogP contribution in [0.3, 0.4) is 0 Å². The van der Waals surface area contributed by atoms with Crippen molar-refractivity contribution in [1.82, 2.24) is 9.80 Å². The molecule has 0 spiro atoms. The number of carbonyl (C=O) groups is 3. The van der Waals surface area contributed by atoms with E-state index in [9.17, 15) is 19.5 Å². The summed E-state index contributed by atoms with van der Waals surface area (Å²) in [6, 6.07) is 6.51. The molecule has 1 heterocycles. The molecule has 1 N–H and O–H groups in total. The fourth-order valence-electron chi connectivity index (χ4n) is 2.92. The zero-order chi connectivity index (χ0) is 18.2. The highest BCUT2D eigenvalue weighted by atomic mass is 16.4. The van der Waals surface area contributed by atoms with Crippen LogP contribution in [0.2, 0.25) is 0 Å². The Kier molecular flexibility index (Phi) is 4.69. The van der Waals surface area contributed by atoms with Gasteiger partial charge < -0.3 is 10.0 Å². The largest absolute Gasteiger partial charge is 0.480 e. The molecule has 1 fully saturated rings. The third-order valence-electron chi connectivity index (χ3n) is 4.43. The maximum atomic E-state index is 12.8. The van der Waals surface area contributed by atoms with E-state index < -0.39 is 29.5 Å². The van der Waals surface area contributed by atoms with Crippen molar-refractivity contribution in [2.75, 3.05) is 0 Å². The molecule has 1 saturated heterocycles. The predicted molar refractivity (Wildman–Crippen MR) is 89.3 cm³/mol. The number of hydrogen-bond acceptors (Lipinski definition) is 3. The number of carbonyl (C=O) groups excluding carboxylic acids is 2. The number of urea groups is 1. The molecular formula is C18H24N2O4. The van der Waals surface area contributed by atoms with E-state index in [2.05, 4.69) is 0 Å². The molecule has 1 atom stereocenters. The number of aryl methyl sites for hydroxylation is 1. The molecule has 0 aromatic heterocycles. The van der Waals surface area contributed by atoms with Crippen LogP contribution >= 0.6 is 0 Å². The van der Waals surface area contributed by atoms with Gasteiger partial charge in [0.05, 0.1) is 0 Å². The van der Waals surface area contributed by atoms with Crippen molar-refractivity contribution in [3.05, 3.63) is 35.4 Å². The zero-order valence-electron chi connectivity index (χ0n) is 14.7. The summed E-state index contributed by atoms with van der Waals surface area (Å²) in [5.41, 5.74) is 0.433. The molecule has 6 nitrogen and oxygen atoms in total. The minimum absolute atomic E-state index is 0.110. The molecule has 3 amide bonds. The molecular weight excluding hydrogens is 308 g/mol. The third-order valence-corrected chi connectivity index (χ3v) is 4.43. The van der Waals surface area contributed by atoms with Crippen LogP contribution in [-0.4, -0.2) is 44.4 Å². The average molecular weight is 332 g/mol. The fraction of sp³-hybridized carbons (Fsp3) is 0.500. The second-order valence-electron chi connectivity index (χ2n) is 7.12. The fourth-order valence-corrected chi connectivity index (χ4v) is 2.92. The molecule has 1 aliphatic rings. The van der Waals surface area contributed by atoms with Gasteiger partial charge in [0.25, 0.3) is 5.91 Å². The Morgan fingerprint density at radius 1 is 1.21 bits per heavy atom. The number of rotatable bonds is 5. The van der Waals surface area contributed by atoms with Crippen LogP contribution in [0.15, 0.2) is 24.3 Å². The lowest BCUT2D eigenvalue weighted by Gasteiger charge is -2.29. The Morgan fingerprint density at radius 3 is 2.21 bits per heavy atom. The first-order valence-corrected chi connectivity index (χ1v) is 8.01. The third kappa shape index (κ3) is 3.00. The molecule has 1 aromatic rings. The molecule has 130 valence electrons. The summed E-state index contributed by atoms with van der Waals surface area (Å²) in [5, 5.41) is 9.40. The van der Waals surface area contributed by atoms with Crippen LogP contribution in [0.5, 0.6) is 0 Å². The van der Waals surface area contributed by atoms with E-state index in [0.29, 0.717) is 0 Å². The number of carboxylic acids is 1. The van der Waals surface area contributed by atoms with Gasteiger partial charge in [-0.05, 0) is 32.3 Å². The van der Waals surface area contributed by atoms with E-state index >= 15 is 0 Å². The van der Waals surface area contributed by atoms with Crippen LogP contribution in [0, 0.1) is 12.8 Å². The van der Waals surface area contributed by atoms with Gasteiger partial charge in [0.15, 0.2) is 0 Å². The van der Waals surface area contributed by atoms with Gasteiger partial charge in [-0.2, -0.15) is 0 Å². The highest BCUT2D eigenvalue weighted by Crippen LogP contribution is 2.31. The van der Waals surface area contributed by atoms with Crippen molar-refractivity contribution in [2.24, 2.45) is 5.92 Å². The van der Waals surface area contributed by atoms with Gasteiger partial charge in [-0.3, -0.25) is 4.79 Å². The van der Waals surface area contributed by atoms with E-state index in [1.54, 1.807) is 0 Å². The van der Waals surface area contributed by atoms with Crippen LogP contribution in [0.1, 0.15) is 38.8 Å². The lowest BCUT2D eigenvalue weighted by atomic mass is 9.99. The Hall–Kier alpha value is -2.37. The minimum atomic E-state index is -1.58. The van der Waals surface area contributed by atoms with Crippen LogP contribution < -0.4 is 0 Å². The first kappa shape index (κ1) is 18.0. The first-order valence-electron chi connectivity index (χ1n) is 8.01. The van der Waals surface area contributed by atoms with Gasteiger partial charge in [-0.15, -0.1) is 0 Å². The Balaban J connectivity index is 2.38.